The van der Waals surface area contributed by atoms with Crippen molar-refractivity contribution in [2.45, 2.75) is 19.8 Å². The Labute approximate surface area is 116 Å². The van der Waals surface area contributed by atoms with Gasteiger partial charge in [0.1, 0.15) is 5.75 Å². The molecule has 0 atom stereocenters. The van der Waals surface area contributed by atoms with Crippen LogP contribution >= 0.6 is 27.7 Å². The first kappa shape index (κ1) is 14.9. The van der Waals surface area contributed by atoms with Crippen molar-refractivity contribution in [1.82, 2.24) is 0 Å². The summed E-state index contributed by atoms with van der Waals surface area (Å²) in [7, 11) is 0. The standard InChI is InChI=1S/C13H20BrNOS/c1-10-8-12(14)9-11(4-5-15)13(10)16-6-3-7-17-2/h8-9H,3-7,15H2,1-2H3. The fraction of sp³-hybridized carbons (Fsp3) is 0.538. The molecule has 0 fully saturated rings. The lowest BCUT2D eigenvalue weighted by atomic mass is 10.1. The predicted molar refractivity (Wildman–Crippen MR) is 80.1 cm³/mol. The third kappa shape index (κ3) is 4.90. The number of hydrogen-bond acceptors (Lipinski definition) is 3. The van der Waals surface area contributed by atoms with E-state index in [1.165, 1.54) is 11.1 Å². The van der Waals surface area contributed by atoms with Crippen LogP contribution in [0.1, 0.15) is 17.5 Å². The van der Waals surface area contributed by atoms with Gasteiger partial charge in [0.25, 0.3) is 0 Å². The van der Waals surface area contributed by atoms with Crippen molar-refractivity contribution >= 4 is 27.7 Å². The quantitative estimate of drug-likeness (QED) is 0.783. The molecule has 0 saturated carbocycles. The Morgan fingerprint density at radius 1 is 1.41 bits per heavy atom. The van der Waals surface area contributed by atoms with E-state index in [9.17, 15) is 0 Å². The number of thioether (sulfide) groups is 1. The molecule has 0 radical (unpaired) electrons. The number of benzene rings is 1. The van der Waals surface area contributed by atoms with Gasteiger partial charge in [-0.05, 0) is 61.6 Å². The zero-order valence-corrected chi connectivity index (χ0v) is 12.9. The summed E-state index contributed by atoms with van der Waals surface area (Å²) in [5.41, 5.74) is 8.00. The second-order valence-corrected chi connectivity index (χ2v) is 5.85. The molecule has 0 amide bonds. The highest BCUT2D eigenvalue weighted by Gasteiger charge is 2.08. The molecule has 0 aliphatic heterocycles. The maximum atomic E-state index is 5.89. The zero-order valence-electron chi connectivity index (χ0n) is 10.5. The van der Waals surface area contributed by atoms with E-state index in [0.717, 1.165) is 35.4 Å². The number of nitrogens with two attached hydrogens (primary N) is 1. The fourth-order valence-electron chi connectivity index (χ4n) is 1.72. The van der Waals surface area contributed by atoms with E-state index in [0.29, 0.717) is 6.54 Å². The maximum Gasteiger partial charge on any atom is 0.125 e. The Bertz CT molecular complexity index is 358. The Morgan fingerprint density at radius 3 is 2.82 bits per heavy atom. The largest absolute Gasteiger partial charge is 0.493 e. The number of rotatable bonds is 7. The van der Waals surface area contributed by atoms with Crippen LogP contribution in [0.15, 0.2) is 16.6 Å². The molecule has 0 aliphatic rings. The molecular formula is C13H20BrNOS. The van der Waals surface area contributed by atoms with Crippen LogP contribution in [0.2, 0.25) is 0 Å². The summed E-state index contributed by atoms with van der Waals surface area (Å²) in [4.78, 5) is 0. The van der Waals surface area contributed by atoms with E-state index < -0.39 is 0 Å². The zero-order chi connectivity index (χ0) is 12.7. The predicted octanol–water partition coefficient (Wildman–Crippen LogP) is 3.39. The summed E-state index contributed by atoms with van der Waals surface area (Å²) in [6.07, 6.45) is 4.06. The van der Waals surface area contributed by atoms with Gasteiger partial charge in [0.2, 0.25) is 0 Å². The SMILES string of the molecule is CSCCCOc1c(C)cc(Br)cc1CCN. The van der Waals surface area contributed by atoms with Crippen molar-refractivity contribution in [2.24, 2.45) is 5.73 Å². The molecule has 2 N–H and O–H groups in total. The molecule has 0 aromatic heterocycles. The highest BCUT2D eigenvalue weighted by atomic mass is 79.9. The molecule has 0 unspecified atom stereocenters. The summed E-state index contributed by atoms with van der Waals surface area (Å²) < 4.78 is 6.98. The van der Waals surface area contributed by atoms with Crippen molar-refractivity contribution < 1.29 is 4.74 Å². The molecular weight excluding hydrogens is 298 g/mol. The highest BCUT2D eigenvalue weighted by molar-refractivity contribution is 9.10. The van der Waals surface area contributed by atoms with Crippen LogP contribution < -0.4 is 10.5 Å². The van der Waals surface area contributed by atoms with Crippen molar-refractivity contribution in [1.29, 1.82) is 0 Å². The van der Waals surface area contributed by atoms with E-state index in [-0.39, 0.29) is 0 Å². The summed E-state index contributed by atoms with van der Waals surface area (Å²) in [5.74, 6) is 2.15. The molecule has 2 nitrogen and oxygen atoms in total. The van der Waals surface area contributed by atoms with Crippen LogP contribution in [-0.4, -0.2) is 25.2 Å². The lowest BCUT2D eigenvalue weighted by Crippen LogP contribution is -2.07. The van der Waals surface area contributed by atoms with Gasteiger partial charge < -0.3 is 10.5 Å². The minimum absolute atomic E-state index is 0.650. The van der Waals surface area contributed by atoms with Gasteiger partial charge in [-0.1, -0.05) is 15.9 Å². The lowest BCUT2D eigenvalue weighted by Gasteiger charge is -2.14. The smallest absolute Gasteiger partial charge is 0.125 e. The number of hydrogen-bond donors (Lipinski definition) is 1. The van der Waals surface area contributed by atoms with Gasteiger partial charge in [-0.3, -0.25) is 0 Å². The summed E-state index contributed by atoms with van der Waals surface area (Å²) in [6.45, 7) is 3.51. The molecule has 0 aliphatic carbocycles. The van der Waals surface area contributed by atoms with E-state index in [4.69, 9.17) is 10.5 Å². The van der Waals surface area contributed by atoms with E-state index >= 15 is 0 Å². The minimum atomic E-state index is 0.650. The molecule has 1 aromatic carbocycles. The van der Waals surface area contributed by atoms with Gasteiger partial charge in [-0.25, -0.2) is 0 Å². The van der Waals surface area contributed by atoms with Gasteiger partial charge in [-0.15, -0.1) is 0 Å². The normalized spacial score (nSPS) is 10.6. The minimum Gasteiger partial charge on any atom is -0.493 e. The Morgan fingerprint density at radius 2 is 2.18 bits per heavy atom. The molecule has 0 spiro atoms. The van der Waals surface area contributed by atoms with Crippen molar-refractivity contribution in [3.63, 3.8) is 0 Å². The van der Waals surface area contributed by atoms with Crippen molar-refractivity contribution in [3.8, 4) is 5.75 Å². The average molecular weight is 318 g/mol. The average Bonchev–Trinajstić information content (AvgIpc) is 2.27. The first-order chi connectivity index (χ1) is 8.19. The number of aryl methyl sites for hydroxylation is 1. The summed E-state index contributed by atoms with van der Waals surface area (Å²) >= 11 is 5.36. The van der Waals surface area contributed by atoms with Crippen molar-refractivity contribution in [2.75, 3.05) is 25.2 Å². The highest BCUT2D eigenvalue weighted by Crippen LogP contribution is 2.28. The van der Waals surface area contributed by atoms with Gasteiger partial charge in [-0.2, -0.15) is 11.8 Å². The van der Waals surface area contributed by atoms with E-state index in [1.807, 2.05) is 11.8 Å². The Kier molecular flexibility index (Phi) is 7.00. The summed E-state index contributed by atoms with van der Waals surface area (Å²) in [6, 6.07) is 4.19. The first-order valence-corrected chi connectivity index (χ1v) is 7.98. The van der Waals surface area contributed by atoms with E-state index in [1.54, 1.807) is 0 Å². The molecule has 0 saturated heterocycles. The van der Waals surface area contributed by atoms with Gasteiger partial charge in [0, 0.05) is 4.47 Å². The monoisotopic (exact) mass is 317 g/mol. The van der Waals surface area contributed by atoms with Crippen LogP contribution in [0, 0.1) is 6.92 Å². The van der Waals surface area contributed by atoms with Gasteiger partial charge in [0.05, 0.1) is 6.61 Å². The molecule has 0 heterocycles. The van der Waals surface area contributed by atoms with Crippen LogP contribution in [0.3, 0.4) is 0 Å². The molecule has 96 valence electrons. The van der Waals surface area contributed by atoms with Crippen molar-refractivity contribution in [3.05, 3.63) is 27.7 Å². The third-order valence-electron chi connectivity index (χ3n) is 2.47. The fourth-order valence-corrected chi connectivity index (χ4v) is 2.75. The molecule has 1 aromatic rings. The second kappa shape index (κ2) is 8.01. The Balaban J connectivity index is 2.73. The van der Waals surface area contributed by atoms with Gasteiger partial charge in [0.15, 0.2) is 0 Å². The molecule has 17 heavy (non-hydrogen) atoms. The molecule has 4 heteroatoms. The first-order valence-electron chi connectivity index (χ1n) is 5.80. The lowest BCUT2D eigenvalue weighted by molar-refractivity contribution is 0.313. The Hall–Kier alpha value is -0.190. The van der Waals surface area contributed by atoms with Gasteiger partial charge >= 0.3 is 0 Å². The maximum absolute atomic E-state index is 5.89. The third-order valence-corrected chi connectivity index (χ3v) is 3.62. The second-order valence-electron chi connectivity index (χ2n) is 3.94. The van der Waals surface area contributed by atoms with E-state index in [2.05, 4.69) is 41.2 Å². The molecule has 0 bridgehead atoms. The topological polar surface area (TPSA) is 35.2 Å². The number of halogens is 1. The van der Waals surface area contributed by atoms with Crippen LogP contribution in [0.4, 0.5) is 0 Å². The van der Waals surface area contributed by atoms with Crippen LogP contribution in [-0.2, 0) is 6.42 Å². The molecule has 1 rings (SSSR count). The van der Waals surface area contributed by atoms with Crippen LogP contribution in [0.5, 0.6) is 5.75 Å². The summed E-state index contributed by atoms with van der Waals surface area (Å²) in [5, 5.41) is 0. The number of ether oxygens (including phenoxy) is 1. The van der Waals surface area contributed by atoms with Crippen LogP contribution in [0.25, 0.3) is 0 Å².